The van der Waals surface area contributed by atoms with E-state index in [1.807, 2.05) is 97.1 Å². The molecule has 6 rings (SSSR count). The molecule has 0 aliphatic carbocycles. The fraction of sp³-hybridized carbons (Fsp3) is 0.250. The molecule has 0 bridgehead atoms. The van der Waals surface area contributed by atoms with Gasteiger partial charge in [-0.25, -0.2) is 19.6 Å². The summed E-state index contributed by atoms with van der Waals surface area (Å²) >= 11 is 1.55. The van der Waals surface area contributed by atoms with Gasteiger partial charge in [0.2, 0.25) is 0 Å². The van der Waals surface area contributed by atoms with Crippen LogP contribution in [0, 0.1) is 0 Å². The van der Waals surface area contributed by atoms with E-state index < -0.39 is 24.3 Å². The average Bonchev–Trinajstić information content (AvgIpc) is 3.19. The first-order valence-electron chi connectivity index (χ1n) is 16.7. The zero-order valence-corrected chi connectivity index (χ0v) is 29.0. The van der Waals surface area contributed by atoms with Gasteiger partial charge in [-0.15, -0.1) is 0 Å². The largest absolute Gasteiger partial charge is 0.467 e. The third-order valence-corrected chi connectivity index (χ3v) is 9.51. The molecule has 0 radical (unpaired) electrons. The number of thioether (sulfide) groups is 1. The van der Waals surface area contributed by atoms with Gasteiger partial charge >= 0.3 is 12.0 Å². The predicted octanol–water partition coefficient (Wildman–Crippen LogP) is 6.56. The molecule has 10 nitrogen and oxygen atoms in total. The number of hydrogen-bond donors (Lipinski definition) is 3. The Balaban J connectivity index is 1.14. The van der Waals surface area contributed by atoms with Gasteiger partial charge in [0.1, 0.15) is 6.04 Å². The molecule has 2 heterocycles. The minimum Gasteiger partial charge on any atom is -0.467 e. The number of ether oxygens (including phenoxy) is 3. The van der Waals surface area contributed by atoms with Gasteiger partial charge in [0, 0.05) is 43.1 Å². The number of amides is 2. The first kappa shape index (κ1) is 35.7. The van der Waals surface area contributed by atoms with Gasteiger partial charge in [-0.2, -0.15) is 0 Å². The van der Waals surface area contributed by atoms with Crippen LogP contribution in [0.1, 0.15) is 46.6 Å². The smallest absolute Gasteiger partial charge is 0.328 e. The van der Waals surface area contributed by atoms with Gasteiger partial charge in [-0.1, -0.05) is 103 Å². The fourth-order valence-corrected chi connectivity index (χ4v) is 6.67. The number of aliphatic hydroxyl groups is 1. The summed E-state index contributed by atoms with van der Waals surface area (Å²) in [6, 6.07) is 33.8. The van der Waals surface area contributed by atoms with E-state index in [0.29, 0.717) is 23.8 Å². The molecule has 262 valence electrons. The van der Waals surface area contributed by atoms with E-state index in [1.54, 1.807) is 30.2 Å². The second-order valence-electron chi connectivity index (χ2n) is 12.1. The van der Waals surface area contributed by atoms with Crippen LogP contribution in [0.4, 0.5) is 4.79 Å². The van der Waals surface area contributed by atoms with E-state index in [9.17, 15) is 14.7 Å². The van der Waals surface area contributed by atoms with Crippen LogP contribution in [-0.2, 0) is 38.6 Å². The van der Waals surface area contributed by atoms with Crippen LogP contribution in [0.2, 0.25) is 0 Å². The Bertz CT molecular complexity index is 1880. The predicted molar refractivity (Wildman–Crippen MR) is 194 cm³/mol. The number of hydrogen-bond acceptors (Lipinski definition) is 9. The lowest BCUT2D eigenvalue weighted by atomic mass is 9.99. The molecule has 0 unspecified atom stereocenters. The first-order chi connectivity index (χ1) is 25.0. The van der Waals surface area contributed by atoms with Crippen molar-refractivity contribution >= 4 is 23.8 Å². The number of nitrogens with zero attached hydrogens (tertiary/aromatic N) is 2. The van der Waals surface area contributed by atoms with Crippen molar-refractivity contribution in [3.05, 3.63) is 149 Å². The molecule has 1 aromatic heterocycles. The molecule has 2 amide bonds. The highest BCUT2D eigenvalue weighted by Crippen LogP contribution is 2.40. The molecule has 4 aromatic carbocycles. The van der Waals surface area contributed by atoms with Crippen LogP contribution in [0.15, 0.2) is 127 Å². The standard InChI is InChI=1S/C40H40N4O6S/c1-48-37(46)35(21-27-8-3-2-4-9-27)44-39(47)43-24-29-10-5-11-31(20-29)32-12-6-13-33(22-32)38-49-34(26-51-40-41-18-7-19-42-40)23-36(50-38)30-16-14-28(25-45)15-17-30/h2-20,22,34-36,38,45H,21,23-26H2,1H3,(H2,43,44,47)/t34-,35+,36+,38+/m1/s1. The molecule has 1 fully saturated rings. The molecular formula is C40H40N4O6S. The molecule has 51 heavy (non-hydrogen) atoms. The Morgan fingerprint density at radius 2 is 1.57 bits per heavy atom. The number of carbonyl (C=O) groups excluding carboxylic acids is 2. The summed E-state index contributed by atoms with van der Waals surface area (Å²) in [5, 5.41) is 15.9. The number of rotatable bonds is 13. The SMILES string of the molecule is COC(=O)[C@H](Cc1ccccc1)NC(=O)NCc1cccc(-c2cccc([C@H]3O[C@@H](CSc4ncccn4)C[C@@H](c4ccc(CO)cc4)O3)c2)c1. The summed E-state index contributed by atoms with van der Waals surface area (Å²) in [7, 11) is 1.31. The molecule has 11 heteroatoms. The van der Waals surface area contributed by atoms with Crippen LogP contribution in [0.25, 0.3) is 11.1 Å². The van der Waals surface area contributed by atoms with Gasteiger partial charge in [0.05, 0.1) is 25.9 Å². The fourth-order valence-electron chi connectivity index (χ4n) is 5.85. The maximum Gasteiger partial charge on any atom is 0.328 e. The van der Waals surface area contributed by atoms with Crippen molar-refractivity contribution in [3.8, 4) is 11.1 Å². The molecule has 1 aliphatic heterocycles. The van der Waals surface area contributed by atoms with Gasteiger partial charge in [-0.3, -0.25) is 0 Å². The molecule has 3 N–H and O–H groups in total. The highest BCUT2D eigenvalue weighted by atomic mass is 32.2. The van der Waals surface area contributed by atoms with Gasteiger partial charge < -0.3 is 30.0 Å². The highest BCUT2D eigenvalue weighted by Gasteiger charge is 2.32. The maximum absolute atomic E-state index is 12.8. The molecular weight excluding hydrogens is 665 g/mol. The number of aromatic nitrogens is 2. The Morgan fingerprint density at radius 1 is 0.843 bits per heavy atom. The topological polar surface area (TPSA) is 132 Å². The Hall–Kier alpha value is -5.07. The van der Waals surface area contributed by atoms with E-state index in [1.165, 1.54) is 7.11 Å². The minimum absolute atomic E-state index is 0.0181. The molecule has 1 aliphatic rings. The maximum atomic E-state index is 12.8. The number of esters is 1. The molecule has 4 atom stereocenters. The van der Waals surface area contributed by atoms with Crippen molar-refractivity contribution < 1.29 is 28.9 Å². The van der Waals surface area contributed by atoms with E-state index in [-0.39, 0.29) is 25.4 Å². The van der Waals surface area contributed by atoms with Gasteiger partial charge in [-0.05, 0) is 51.6 Å². The van der Waals surface area contributed by atoms with Crippen LogP contribution >= 0.6 is 11.8 Å². The average molecular weight is 705 g/mol. The quantitative estimate of drug-likeness (QED) is 0.0709. The summed E-state index contributed by atoms with van der Waals surface area (Å²) in [6.45, 7) is 0.240. The Kier molecular flexibility index (Phi) is 12.4. The minimum atomic E-state index is -0.819. The first-order valence-corrected chi connectivity index (χ1v) is 17.7. The van der Waals surface area contributed by atoms with E-state index in [4.69, 9.17) is 14.2 Å². The monoisotopic (exact) mass is 704 g/mol. The van der Waals surface area contributed by atoms with Crippen molar-refractivity contribution in [1.29, 1.82) is 0 Å². The number of carbonyl (C=O) groups is 2. The highest BCUT2D eigenvalue weighted by molar-refractivity contribution is 7.99. The number of methoxy groups -OCH3 is 1. The van der Waals surface area contributed by atoms with E-state index in [0.717, 1.165) is 38.9 Å². The summed E-state index contributed by atoms with van der Waals surface area (Å²) in [5.41, 5.74) is 6.48. The van der Waals surface area contributed by atoms with Crippen LogP contribution < -0.4 is 10.6 Å². The van der Waals surface area contributed by atoms with Crippen LogP contribution in [0.5, 0.6) is 0 Å². The zero-order chi connectivity index (χ0) is 35.4. The second kappa shape index (κ2) is 17.7. The van der Waals surface area contributed by atoms with Crippen molar-refractivity contribution in [2.45, 2.75) is 55.7 Å². The normalized spacial score (nSPS) is 17.6. The van der Waals surface area contributed by atoms with E-state index >= 15 is 0 Å². The Morgan fingerprint density at radius 3 is 2.31 bits per heavy atom. The van der Waals surface area contributed by atoms with Gasteiger partial charge in [0.15, 0.2) is 11.4 Å². The van der Waals surface area contributed by atoms with Gasteiger partial charge in [0.25, 0.3) is 0 Å². The van der Waals surface area contributed by atoms with Crippen molar-refractivity contribution in [1.82, 2.24) is 20.6 Å². The van der Waals surface area contributed by atoms with Crippen molar-refractivity contribution in [2.24, 2.45) is 0 Å². The van der Waals surface area contributed by atoms with Crippen molar-refractivity contribution in [2.75, 3.05) is 12.9 Å². The van der Waals surface area contributed by atoms with Crippen LogP contribution in [0.3, 0.4) is 0 Å². The molecule has 0 spiro atoms. The summed E-state index contributed by atoms with van der Waals surface area (Å²) in [4.78, 5) is 33.9. The lowest BCUT2D eigenvalue weighted by molar-refractivity contribution is -0.245. The third-order valence-electron chi connectivity index (χ3n) is 8.50. The summed E-state index contributed by atoms with van der Waals surface area (Å²) < 4.78 is 18.0. The second-order valence-corrected chi connectivity index (χ2v) is 13.1. The number of nitrogens with one attached hydrogen (secondary N) is 2. The van der Waals surface area contributed by atoms with E-state index in [2.05, 4.69) is 26.7 Å². The number of aliphatic hydroxyl groups excluding tert-OH is 1. The lowest BCUT2D eigenvalue weighted by Gasteiger charge is -2.36. The Labute approximate surface area is 301 Å². The lowest BCUT2D eigenvalue weighted by Crippen LogP contribution is -2.47. The summed E-state index contributed by atoms with van der Waals surface area (Å²) in [5.74, 6) is 0.146. The molecule has 1 saturated heterocycles. The molecule has 0 saturated carbocycles. The number of urea groups is 1. The summed E-state index contributed by atoms with van der Waals surface area (Å²) in [6.07, 6.45) is 3.48. The van der Waals surface area contributed by atoms with Crippen LogP contribution in [-0.4, -0.2) is 52.1 Å². The van der Waals surface area contributed by atoms with Crippen molar-refractivity contribution in [3.63, 3.8) is 0 Å². The zero-order valence-electron chi connectivity index (χ0n) is 28.2. The number of benzene rings is 4. The molecule has 5 aromatic rings. The third kappa shape index (κ3) is 10.0.